The Bertz CT molecular complexity index is 709. The van der Waals surface area contributed by atoms with Crippen molar-refractivity contribution in [3.05, 3.63) is 23.2 Å². The molecule has 1 saturated heterocycles. The maximum atomic E-state index is 12.8. The molecule has 0 aromatic heterocycles. The molecule has 0 radical (unpaired) electrons. The molecule has 1 aromatic carbocycles. The number of aliphatic hydroxyl groups is 1. The summed E-state index contributed by atoms with van der Waals surface area (Å²) in [4.78, 5) is 1.91. The van der Waals surface area contributed by atoms with Crippen LogP contribution in [0.4, 0.5) is 5.69 Å². The maximum absolute atomic E-state index is 12.8. The number of hydrogen-bond acceptors (Lipinski definition) is 5. The first-order valence-electron chi connectivity index (χ1n) is 7.94. The summed E-state index contributed by atoms with van der Waals surface area (Å²) in [5.74, 6) is 0. The Kier molecular flexibility index (Phi) is 7.41. The lowest BCUT2D eigenvalue weighted by Crippen LogP contribution is -2.40. The molecule has 0 aliphatic carbocycles. The summed E-state index contributed by atoms with van der Waals surface area (Å²) in [6, 6.07) is 4.49. The number of benzene rings is 1. The van der Waals surface area contributed by atoms with Crippen LogP contribution in [0, 0.1) is 0 Å². The average Bonchev–Trinajstić information content (AvgIpc) is 2.62. The Balaban J connectivity index is 2.23. The molecule has 0 unspecified atom stereocenters. The van der Waals surface area contributed by atoms with Gasteiger partial charge in [-0.3, -0.25) is 0 Å². The van der Waals surface area contributed by atoms with Gasteiger partial charge in [0.2, 0.25) is 10.0 Å². The predicted molar refractivity (Wildman–Crippen MR) is 102 cm³/mol. The van der Waals surface area contributed by atoms with Crippen molar-refractivity contribution in [2.45, 2.75) is 11.8 Å². The largest absolute Gasteiger partial charge is 0.395 e. The Morgan fingerprint density at radius 3 is 2.72 bits per heavy atom. The highest BCUT2D eigenvalue weighted by atomic mass is 35.5. The molecule has 1 heterocycles. The first kappa shape index (κ1) is 20.3. The second-order valence-corrected chi connectivity index (χ2v) is 8.12. The molecule has 25 heavy (non-hydrogen) atoms. The molecule has 0 atom stereocenters. The summed E-state index contributed by atoms with van der Waals surface area (Å²) in [6.07, 6.45) is 0. The van der Waals surface area contributed by atoms with Crippen molar-refractivity contribution in [1.82, 2.24) is 9.21 Å². The Hall–Kier alpha value is -0.970. The second-order valence-electron chi connectivity index (χ2n) is 5.39. The molecule has 2 rings (SSSR count). The number of morpholine rings is 1. The van der Waals surface area contributed by atoms with Gasteiger partial charge >= 0.3 is 0 Å². The number of anilines is 1. The number of ether oxygens (including phenoxy) is 1. The second kappa shape index (κ2) is 9.11. The summed E-state index contributed by atoms with van der Waals surface area (Å²) in [5, 5.41) is 12.8. The van der Waals surface area contributed by atoms with E-state index < -0.39 is 10.0 Å². The lowest BCUT2D eigenvalue weighted by Gasteiger charge is -2.27. The number of sulfonamides is 1. The molecule has 1 aliphatic heterocycles. The molecule has 0 bridgehead atoms. The molecule has 0 saturated carbocycles. The number of nitrogens with one attached hydrogen (secondary N) is 1. The van der Waals surface area contributed by atoms with Crippen molar-refractivity contribution in [3.63, 3.8) is 0 Å². The van der Waals surface area contributed by atoms with Crippen LogP contribution in [0.5, 0.6) is 0 Å². The third kappa shape index (κ3) is 5.02. The van der Waals surface area contributed by atoms with Crippen LogP contribution in [-0.2, 0) is 14.8 Å². The van der Waals surface area contributed by atoms with E-state index in [-0.39, 0.29) is 11.5 Å². The standard InChI is InChI=1S/C15H22ClN3O4S2/c1-2-18(5-8-20)15(24)17-14-11-12(3-4-13(14)16)25(21,22)19-6-9-23-10-7-19/h3-4,11,20H,2,5-10H2,1H3,(H,17,24). The lowest BCUT2D eigenvalue weighted by molar-refractivity contribution is 0.0730. The lowest BCUT2D eigenvalue weighted by atomic mass is 10.3. The van der Waals surface area contributed by atoms with Crippen molar-refractivity contribution in [1.29, 1.82) is 0 Å². The Morgan fingerprint density at radius 2 is 2.12 bits per heavy atom. The zero-order chi connectivity index (χ0) is 18.4. The van der Waals surface area contributed by atoms with Crippen LogP contribution in [0.1, 0.15) is 6.92 Å². The molecule has 10 heteroatoms. The minimum Gasteiger partial charge on any atom is -0.395 e. The van der Waals surface area contributed by atoms with Gasteiger partial charge in [-0.2, -0.15) is 4.31 Å². The minimum atomic E-state index is -3.62. The SMILES string of the molecule is CCN(CCO)C(=S)Nc1cc(S(=O)(=O)N2CCOCC2)ccc1Cl. The molecular weight excluding hydrogens is 386 g/mol. The predicted octanol–water partition coefficient (Wildman–Crippen LogP) is 1.37. The van der Waals surface area contributed by atoms with E-state index in [0.717, 1.165) is 0 Å². The normalized spacial score (nSPS) is 15.8. The van der Waals surface area contributed by atoms with Gasteiger partial charge in [0.15, 0.2) is 5.11 Å². The van der Waals surface area contributed by atoms with Gasteiger partial charge in [-0.05, 0) is 37.3 Å². The molecule has 1 fully saturated rings. The molecule has 0 amide bonds. The number of aliphatic hydroxyl groups excluding tert-OH is 1. The number of nitrogens with zero attached hydrogens (tertiary/aromatic N) is 2. The smallest absolute Gasteiger partial charge is 0.243 e. The van der Waals surface area contributed by atoms with E-state index in [4.69, 9.17) is 33.7 Å². The van der Waals surface area contributed by atoms with E-state index in [2.05, 4.69) is 5.32 Å². The van der Waals surface area contributed by atoms with Gasteiger partial charge in [0.1, 0.15) is 0 Å². The number of likely N-dealkylation sites (N-methyl/N-ethyl adjacent to an activating group) is 1. The fourth-order valence-corrected chi connectivity index (χ4v) is 4.34. The van der Waals surface area contributed by atoms with Gasteiger partial charge in [-0.15, -0.1) is 0 Å². The fraction of sp³-hybridized carbons (Fsp3) is 0.533. The van der Waals surface area contributed by atoms with E-state index in [1.807, 2.05) is 6.92 Å². The van der Waals surface area contributed by atoms with Crippen molar-refractivity contribution in [2.24, 2.45) is 0 Å². The van der Waals surface area contributed by atoms with Crippen molar-refractivity contribution in [2.75, 3.05) is 51.3 Å². The van der Waals surface area contributed by atoms with Gasteiger partial charge in [0.05, 0.1) is 35.4 Å². The minimum absolute atomic E-state index is 0.0329. The van der Waals surface area contributed by atoms with E-state index in [0.29, 0.717) is 55.2 Å². The number of halogens is 1. The van der Waals surface area contributed by atoms with Gasteiger partial charge in [0.25, 0.3) is 0 Å². The highest BCUT2D eigenvalue weighted by Crippen LogP contribution is 2.27. The number of rotatable bonds is 6. The molecule has 1 aromatic rings. The van der Waals surface area contributed by atoms with Crippen LogP contribution < -0.4 is 5.32 Å². The molecule has 1 aliphatic rings. The summed E-state index contributed by atoms with van der Waals surface area (Å²) in [6.45, 7) is 4.28. The van der Waals surface area contributed by atoms with E-state index >= 15 is 0 Å². The van der Waals surface area contributed by atoms with Gasteiger partial charge in [-0.1, -0.05) is 11.6 Å². The van der Waals surface area contributed by atoms with Crippen molar-refractivity contribution >= 4 is 44.6 Å². The molecule has 7 nitrogen and oxygen atoms in total. The average molecular weight is 408 g/mol. The topological polar surface area (TPSA) is 82.1 Å². The van der Waals surface area contributed by atoms with Gasteiger partial charge < -0.3 is 20.1 Å². The van der Waals surface area contributed by atoms with Crippen LogP contribution in [0.15, 0.2) is 23.1 Å². The summed E-state index contributed by atoms with van der Waals surface area (Å²) in [7, 11) is -3.62. The number of hydrogen-bond donors (Lipinski definition) is 2. The van der Waals surface area contributed by atoms with E-state index in [1.165, 1.54) is 22.5 Å². The zero-order valence-corrected chi connectivity index (χ0v) is 16.3. The quantitative estimate of drug-likeness (QED) is 0.689. The van der Waals surface area contributed by atoms with Crippen molar-refractivity contribution in [3.8, 4) is 0 Å². The highest BCUT2D eigenvalue weighted by molar-refractivity contribution is 7.89. The third-order valence-corrected chi connectivity index (χ3v) is 6.41. The Morgan fingerprint density at radius 1 is 1.44 bits per heavy atom. The molecule has 0 spiro atoms. The van der Waals surface area contributed by atoms with E-state index in [1.54, 1.807) is 4.90 Å². The molecule has 2 N–H and O–H groups in total. The monoisotopic (exact) mass is 407 g/mol. The number of thiocarbonyl (C=S) groups is 1. The zero-order valence-electron chi connectivity index (χ0n) is 13.9. The van der Waals surface area contributed by atoms with E-state index in [9.17, 15) is 8.42 Å². The highest BCUT2D eigenvalue weighted by Gasteiger charge is 2.27. The summed E-state index contributed by atoms with van der Waals surface area (Å²) < 4.78 is 32.1. The Labute approximate surface area is 158 Å². The maximum Gasteiger partial charge on any atom is 0.243 e. The van der Waals surface area contributed by atoms with Crippen LogP contribution >= 0.6 is 23.8 Å². The van der Waals surface area contributed by atoms with Crippen LogP contribution in [-0.4, -0.2) is 73.8 Å². The van der Waals surface area contributed by atoms with Crippen LogP contribution in [0.25, 0.3) is 0 Å². The fourth-order valence-electron chi connectivity index (χ4n) is 2.41. The molecular formula is C15H22ClN3O4S2. The van der Waals surface area contributed by atoms with Gasteiger partial charge in [-0.25, -0.2) is 8.42 Å². The summed E-state index contributed by atoms with van der Waals surface area (Å²) >= 11 is 11.5. The van der Waals surface area contributed by atoms with Crippen LogP contribution in [0.3, 0.4) is 0 Å². The van der Waals surface area contributed by atoms with Gasteiger partial charge in [0, 0.05) is 26.2 Å². The first-order chi connectivity index (χ1) is 11.9. The van der Waals surface area contributed by atoms with Crippen molar-refractivity contribution < 1.29 is 18.3 Å². The first-order valence-corrected chi connectivity index (χ1v) is 10.2. The summed E-state index contributed by atoms with van der Waals surface area (Å²) in [5.41, 5.74) is 0.414. The van der Waals surface area contributed by atoms with Crippen LogP contribution in [0.2, 0.25) is 5.02 Å². The molecule has 140 valence electrons. The third-order valence-electron chi connectivity index (χ3n) is 3.83.